The maximum Gasteiger partial charge on any atom is 0.272 e. The van der Waals surface area contributed by atoms with Crippen molar-refractivity contribution in [3.63, 3.8) is 0 Å². The van der Waals surface area contributed by atoms with Crippen LogP contribution in [0.1, 0.15) is 41.6 Å². The molecule has 0 aliphatic heterocycles. The van der Waals surface area contributed by atoms with Crippen LogP contribution < -0.4 is 10.9 Å². The van der Waals surface area contributed by atoms with E-state index in [1.54, 1.807) is 10.6 Å². The molecule has 0 atom stereocenters. The Kier molecular flexibility index (Phi) is 9.62. The quantitative estimate of drug-likeness (QED) is 0.106. The lowest BCUT2D eigenvalue weighted by Crippen LogP contribution is -2.25. The van der Waals surface area contributed by atoms with E-state index in [0.29, 0.717) is 40.4 Å². The van der Waals surface area contributed by atoms with Crippen molar-refractivity contribution in [3.05, 3.63) is 93.3 Å². The third-order valence-corrected chi connectivity index (χ3v) is 7.76. The first kappa shape index (κ1) is 26.8. The highest BCUT2D eigenvalue weighted by atomic mass is 32.2. The number of halogens is 1. The standard InChI is InChI=1S/C28H28FN3O3S2/c29-22-12-10-21(11-13-22)24(33)19-37-28-31-23-15-18-36-26(23)27(35)32(28)17-6-2-5-9-25(34)30-16-14-20-7-3-1-4-8-20/h1,3-4,7-8,10-13,15,18H,2,5-6,9,14,16-17,19H2,(H,30,34). The van der Waals surface area contributed by atoms with Crippen molar-refractivity contribution >= 4 is 45.0 Å². The van der Waals surface area contributed by atoms with Crippen molar-refractivity contribution in [1.29, 1.82) is 0 Å². The van der Waals surface area contributed by atoms with Crippen LogP contribution in [0.15, 0.2) is 76.0 Å². The molecule has 192 valence electrons. The SMILES string of the molecule is O=C(CCCCCn1c(SCC(=O)c2ccc(F)cc2)nc2ccsc2c1=O)NCCc1ccccc1. The Morgan fingerprint density at radius 3 is 2.57 bits per heavy atom. The molecule has 2 aromatic heterocycles. The summed E-state index contributed by atoms with van der Waals surface area (Å²) in [6.07, 6.45) is 3.48. The zero-order chi connectivity index (χ0) is 26.0. The summed E-state index contributed by atoms with van der Waals surface area (Å²) < 4.78 is 15.4. The molecular weight excluding hydrogens is 509 g/mol. The third-order valence-electron chi connectivity index (χ3n) is 5.89. The van der Waals surface area contributed by atoms with E-state index in [1.807, 2.05) is 35.7 Å². The van der Waals surface area contributed by atoms with Gasteiger partial charge in [-0.05, 0) is 60.5 Å². The average molecular weight is 538 g/mol. The monoisotopic (exact) mass is 537 g/mol. The van der Waals surface area contributed by atoms with Crippen LogP contribution in [0.4, 0.5) is 4.39 Å². The molecule has 0 saturated carbocycles. The zero-order valence-corrected chi connectivity index (χ0v) is 22.0. The number of fused-ring (bicyclic) bond motifs is 1. The molecule has 6 nitrogen and oxygen atoms in total. The number of aromatic nitrogens is 2. The number of hydrogen-bond acceptors (Lipinski definition) is 6. The molecular formula is C28H28FN3O3S2. The first-order valence-corrected chi connectivity index (χ1v) is 14.1. The molecule has 0 saturated heterocycles. The van der Waals surface area contributed by atoms with E-state index in [4.69, 9.17) is 0 Å². The van der Waals surface area contributed by atoms with Crippen LogP contribution in [-0.2, 0) is 17.8 Å². The molecule has 1 N–H and O–H groups in total. The van der Waals surface area contributed by atoms with Gasteiger partial charge in [0, 0.05) is 25.1 Å². The van der Waals surface area contributed by atoms with Crippen molar-refractivity contribution in [2.45, 2.75) is 43.8 Å². The molecule has 0 unspecified atom stereocenters. The molecule has 0 aliphatic rings. The van der Waals surface area contributed by atoms with Crippen molar-refractivity contribution in [2.75, 3.05) is 12.3 Å². The number of nitrogens with zero attached hydrogens (tertiary/aromatic N) is 2. The van der Waals surface area contributed by atoms with Crippen molar-refractivity contribution in [1.82, 2.24) is 14.9 Å². The van der Waals surface area contributed by atoms with Crippen LogP contribution in [0, 0.1) is 5.82 Å². The highest BCUT2D eigenvalue weighted by Crippen LogP contribution is 2.22. The zero-order valence-electron chi connectivity index (χ0n) is 20.3. The van der Waals surface area contributed by atoms with Crippen LogP contribution in [-0.4, -0.2) is 33.5 Å². The number of Topliss-reactive ketones (excluding diaryl/α,β-unsaturated/α-hetero) is 1. The van der Waals surface area contributed by atoms with Gasteiger partial charge in [0.15, 0.2) is 10.9 Å². The van der Waals surface area contributed by atoms with E-state index in [1.165, 1.54) is 52.9 Å². The van der Waals surface area contributed by atoms with E-state index >= 15 is 0 Å². The molecule has 0 radical (unpaired) electrons. The highest BCUT2D eigenvalue weighted by molar-refractivity contribution is 7.99. The summed E-state index contributed by atoms with van der Waals surface area (Å²) in [5.74, 6) is -0.427. The van der Waals surface area contributed by atoms with Gasteiger partial charge in [0.25, 0.3) is 5.56 Å². The number of carbonyl (C=O) groups excluding carboxylic acids is 2. The van der Waals surface area contributed by atoms with Gasteiger partial charge in [-0.25, -0.2) is 9.37 Å². The van der Waals surface area contributed by atoms with Crippen LogP contribution in [0.2, 0.25) is 0 Å². The number of ketones is 1. The normalized spacial score (nSPS) is 11.1. The molecule has 2 aromatic carbocycles. The number of amides is 1. The Morgan fingerprint density at radius 2 is 1.78 bits per heavy atom. The van der Waals surface area contributed by atoms with Gasteiger partial charge < -0.3 is 5.32 Å². The Bertz CT molecular complexity index is 1400. The summed E-state index contributed by atoms with van der Waals surface area (Å²) >= 11 is 2.56. The predicted molar refractivity (Wildman–Crippen MR) is 147 cm³/mol. The van der Waals surface area contributed by atoms with E-state index in [-0.39, 0.29) is 23.0 Å². The summed E-state index contributed by atoms with van der Waals surface area (Å²) in [5.41, 5.74) is 2.12. The van der Waals surface area contributed by atoms with Gasteiger partial charge in [0.05, 0.1) is 11.3 Å². The van der Waals surface area contributed by atoms with E-state index in [9.17, 15) is 18.8 Å². The first-order valence-electron chi connectivity index (χ1n) is 12.2. The topological polar surface area (TPSA) is 81.1 Å². The van der Waals surface area contributed by atoms with Crippen molar-refractivity contribution < 1.29 is 14.0 Å². The van der Waals surface area contributed by atoms with Gasteiger partial charge in [0.1, 0.15) is 10.5 Å². The number of unbranched alkanes of at least 4 members (excludes halogenated alkanes) is 2. The number of thiophene rings is 1. The molecule has 9 heteroatoms. The molecule has 0 spiro atoms. The van der Waals surface area contributed by atoms with Crippen LogP contribution in [0.3, 0.4) is 0 Å². The van der Waals surface area contributed by atoms with Gasteiger partial charge in [-0.3, -0.25) is 19.0 Å². The fourth-order valence-electron chi connectivity index (χ4n) is 3.89. The Morgan fingerprint density at radius 1 is 1.00 bits per heavy atom. The number of nitrogens with one attached hydrogen (secondary N) is 1. The smallest absolute Gasteiger partial charge is 0.272 e. The van der Waals surface area contributed by atoms with Crippen LogP contribution in [0.5, 0.6) is 0 Å². The van der Waals surface area contributed by atoms with E-state index in [0.717, 1.165) is 25.7 Å². The van der Waals surface area contributed by atoms with E-state index < -0.39 is 5.82 Å². The predicted octanol–water partition coefficient (Wildman–Crippen LogP) is 5.49. The largest absolute Gasteiger partial charge is 0.356 e. The second-order valence-corrected chi connectivity index (χ2v) is 10.5. The molecule has 0 fully saturated rings. The summed E-state index contributed by atoms with van der Waals surface area (Å²) in [7, 11) is 0. The fourth-order valence-corrected chi connectivity index (χ4v) is 5.59. The van der Waals surface area contributed by atoms with Gasteiger partial charge >= 0.3 is 0 Å². The maximum absolute atomic E-state index is 13.2. The van der Waals surface area contributed by atoms with Gasteiger partial charge in [-0.2, -0.15) is 0 Å². The number of carbonyl (C=O) groups is 2. The lowest BCUT2D eigenvalue weighted by atomic mass is 10.1. The summed E-state index contributed by atoms with van der Waals surface area (Å²) in [4.78, 5) is 42.4. The third kappa shape index (κ3) is 7.60. The Hall–Kier alpha value is -3.30. The molecule has 2 heterocycles. The van der Waals surface area contributed by atoms with Crippen molar-refractivity contribution in [2.24, 2.45) is 0 Å². The maximum atomic E-state index is 13.2. The Labute approximate surface area is 222 Å². The minimum atomic E-state index is -0.396. The van der Waals surface area contributed by atoms with Gasteiger partial charge in [-0.15, -0.1) is 11.3 Å². The Balaban J connectivity index is 1.28. The average Bonchev–Trinajstić information content (AvgIpc) is 3.38. The lowest BCUT2D eigenvalue weighted by Gasteiger charge is -2.12. The van der Waals surface area contributed by atoms with Gasteiger partial charge in [0.2, 0.25) is 5.91 Å². The molecule has 4 rings (SSSR count). The second-order valence-electron chi connectivity index (χ2n) is 8.60. The summed E-state index contributed by atoms with van der Waals surface area (Å²) in [6, 6.07) is 17.3. The van der Waals surface area contributed by atoms with Crippen molar-refractivity contribution in [3.8, 4) is 0 Å². The highest BCUT2D eigenvalue weighted by Gasteiger charge is 2.15. The van der Waals surface area contributed by atoms with E-state index in [2.05, 4.69) is 10.3 Å². The number of benzene rings is 2. The van der Waals surface area contributed by atoms with Gasteiger partial charge in [-0.1, -0.05) is 48.5 Å². The second kappa shape index (κ2) is 13.3. The minimum Gasteiger partial charge on any atom is -0.356 e. The molecule has 0 bridgehead atoms. The van der Waals surface area contributed by atoms with Crippen LogP contribution >= 0.6 is 23.1 Å². The minimum absolute atomic E-state index is 0.0327. The molecule has 0 aliphatic carbocycles. The number of thioether (sulfide) groups is 1. The lowest BCUT2D eigenvalue weighted by molar-refractivity contribution is -0.121. The number of rotatable bonds is 13. The summed E-state index contributed by atoms with van der Waals surface area (Å²) in [5, 5.41) is 5.28. The fraction of sp³-hybridized carbons (Fsp3) is 0.286. The van der Waals surface area contributed by atoms with Crippen LogP contribution in [0.25, 0.3) is 10.2 Å². The summed E-state index contributed by atoms with van der Waals surface area (Å²) in [6.45, 7) is 1.07. The molecule has 4 aromatic rings. The molecule has 37 heavy (non-hydrogen) atoms. The first-order chi connectivity index (χ1) is 18.0. The number of hydrogen-bond donors (Lipinski definition) is 1. The molecule has 1 amide bonds.